The summed E-state index contributed by atoms with van der Waals surface area (Å²) < 4.78 is 0. The van der Waals surface area contributed by atoms with Crippen molar-refractivity contribution in [3.05, 3.63) is 0 Å². The summed E-state index contributed by atoms with van der Waals surface area (Å²) in [7, 11) is 0. The first-order chi connectivity index (χ1) is 4.56. The van der Waals surface area contributed by atoms with Gasteiger partial charge in [0.05, 0.1) is 0 Å². The number of hydrogen-bond acceptors (Lipinski definition) is 0. The van der Waals surface area contributed by atoms with E-state index in [1.165, 1.54) is 19.3 Å². The number of hydrogen-bond donors (Lipinski definition) is 0. The highest BCUT2D eigenvalue weighted by Crippen LogP contribution is 2.27. The monoisotopic (exact) mass is 218 g/mol. The van der Waals surface area contributed by atoms with Gasteiger partial charge in [0.15, 0.2) is 0 Å². The molecular weight excluding hydrogens is 207 g/mol. The van der Waals surface area contributed by atoms with Gasteiger partial charge < -0.3 is 0 Å². The summed E-state index contributed by atoms with van der Waals surface area (Å²) in [6, 6.07) is -1.47. The van der Waals surface area contributed by atoms with E-state index in [-0.39, 0.29) is 0 Å². The molecule has 0 fully saturated rings. The maximum Gasteiger partial charge on any atom is 0.341 e. The number of halogens is 3. The fourth-order valence-electron chi connectivity index (χ4n) is 0.752. The van der Waals surface area contributed by atoms with Crippen LogP contribution >= 0.6 is 33.2 Å². The van der Waals surface area contributed by atoms with Crippen LogP contribution in [0.25, 0.3) is 0 Å². The summed E-state index contributed by atoms with van der Waals surface area (Å²) in [4.78, 5) is 0. The van der Waals surface area contributed by atoms with E-state index >= 15 is 0 Å². The van der Waals surface area contributed by atoms with Crippen LogP contribution in [0.3, 0.4) is 0 Å². The molecule has 0 radical (unpaired) electrons. The fourth-order valence-corrected chi connectivity index (χ4v) is 2.61. The Morgan fingerprint density at radius 1 is 1.00 bits per heavy atom. The molecule has 0 rings (SSSR count). The lowest BCUT2D eigenvalue weighted by Crippen LogP contribution is -2.07. The van der Waals surface area contributed by atoms with E-state index in [2.05, 4.69) is 6.92 Å². The molecule has 0 atom stereocenters. The van der Waals surface area contributed by atoms with Gasteiger partial charge in [0, 0.05) is 0 Å². The second-order valence-electron chi connectivity index (χ2n) is 2.43. The SMILES string of the molecule is CCCCCC[Si](Cl)(Cl)Cl. The molecule has 62 valence electrons. The molecule has 0 aromatic heterocycles. The van der Waals surface area contributed by atoms with E-state index in [0.717, 1.165) is 12.5 Å². The van der Waals surface area contributed by atoms with Crippen molar-refractivity contribution in [2.75, 3.05) is 0 Å². The van der Waals surface area contributed by atoms with Crippen molar-refractivity contribution >= 4 is 39.2 Å². The normalized spacial score (nSPS) is 12.0. The second kappa shape index (κ2) is 5.70. The highest BCUT2D eigenvalue weighted by Gasteiger charge is 2.23. The van der Waals surface area contributed by atoms with Gasteiger partial charge in [0.2, 0.25) is 0 Å². The van der Waals surface area contributed by atoms with Crippen LogP contribution in [-0.4, -0.2) is 6.00 Å². The summed E-state index contributed by atoms with van der Waals surface area (Å²) in [5.74, 6) is 0. The second-order valence-corrected chi connectivity index (χ2v) is 11.7. The highest BCUT2D eigenvalue weighted by atomic mass is 35.8. The van der Waals surface area contributed by atoms with Gasteiger partial charge >= 0.3 is 6.00 Å². The maximum absolute atomic E-state index is 5.68. The quantitative estimate of drug-likeness (QED) is 0.369. The molecule has 0 saturated carbocycles. The standard InChI is InChI=1S/C6H13Cl3Si/c1-2-3-4-5-6-10(7,8)9/h2-6H2,1H3. The minimum atomic E-state index is -2.29. The van der Waals surface area contributed by atoms with E-state index in [0.29, 0.717) is 0 Å². The van der Waals surface area contributed by atoms with Crippen molar-refractivity contribution in [1.29, 1.82) is 0 Å². The van der Waals surface area contributed by atoms with Gasteiger partial charge in [-0.1, -0.05) is 32.6 Å². The molecule has 0 N–H and O–H groups in total. The molecule has 0 heterocycles. The van der Waals surface area contributed by atoms with Gasteiger partial charge in [-0.05, 0) is 6.04 Å². The van der Waals surface area contributed by atoms with Gasteiger partial charge in [-0.3, -0.25) is 0 Å². The fraction of sp³-hybridized carbons (Fsp3) is 1.00. The van der Waals surface area contributed by atoms with E-state index in [1.807, 2.05) is 0 Å². The molecule has 0 amide bonds. The Balaban J connectivity index is 3.04. The minimum absolute atomic E-state index is 0.817. The Morgan fingerprint density at radius 3 is 2.00 bits per heavy atom. The van der Waals surface area contributed by atoms with Crippen LogP contribution in [0.4, 0.5) is 0 Å². The molecule has 0 aromatic rings. The van der Waals surface area contributed by atoms with E-state index in [1.54, 1.807) is 0 Å². The Bertz CT molecular complexity index is 79.6. The average molecular weight is 220 g/mol. The minimum Gasteiger partial charge on any atom is -0.126 e. The van der Waals surface area contributed by atoms with E-state index in [9.17, 15) is 0 Å². The molecule has 10 heavy (non-hydrogen) atoms. The largest absolute Gasteiger partial charge is 0.341 e. The third-order valence-corrected chi connectivity index (χ3v) is 3.94. The molecule has 0 aliphatic heterocycles. The lowest BCUT2D eigenvalue weighted by Gasteiger charge is -2.05. The van der Waals surface area contributed by atoms with Crippen LogP contribution in [0.15, 0.2) is 0 Å². The Labute approximate surface area is 78.0 Å². The van der Waals surface area contributed by atoms with Gasteiger partial charge in [-0.2, -0.15) is 0 Å². The predicted molar refractivity (Wildman–Crippen MR) is 52.3 cm³/mol. The van der Waals surface area contributed by atoms with Crippen molar-refractivity contribution in [2.45, 2.75) is 38.7 Å². The lowest BCUT2D eigenvalue weighted by atomic mass is 10.2. The summed E-state index contributed by atoms with van der Waals surface area (Å²) in [5.41, 5.74) is 0. The van der Waals surface area contributed by atoms with Crippen molar-refractivity contribution in [1.82, 2.24) is 0 Å². The van der Waals surface area contributed by atoms with Crippen LogP contribution in [0.1, 0.15) is 32.6 Å². The van der Waals surface area contributed by atoms with E-state index < -0.39 is 6.00 Å². The Morgan fingerprint density at radius 2 is 1.60 bits per heavy atom. The number of unbranched alkanes of at least 4 members (excludes halogenated alkanes) is 3. The molecule has 4 heteroatoms. The molecule has 0 spiro atoms. The zero-order chi connectivity index (χ0) is 8.04. The van der Waals surface area contributed by atoms with Crippen molar-refractivity contribution < 1.29 is 0 Å². The number of rotatable bonds is 5. The van der Waals surface area contributed by atoms with Crippen LogP contribution in [0.5, 0.6) is 0 Å². The first-order valence-corrected chi connectivity index (χ1v) is 8.87. The van der Waals surface area contributed by atoms with Gasteiger partial charge in [-0.15, -0.1) is 33.2 Å². The Kier molecular flexibility index (Phi) is 6.32. The smallest absolute Gasteiger partial charge is 0.126 e. The first-order valence-electron chi connectivity index (χ1n) is 3.63. The van der Waals surface area contributed by atoms with Gasteiger partial charge in [0.25, 0.3) is 0 Å². The van der Waals surface area contributed by atoms with Crippen LogP contribution in [0.2, 0.25) is 6.04 Å². The highest BCUT2D eigenvalue weighted by molar-refractivity contribution is 7.64. The van der Waals surface area contributed by atoms with Crippen LogP contribution < -0.4 is 0 Å². The maximum atomic E-state index is 5.68. The molecule has 0 aromatic carbocycles. The molecule has 0 saturated heterocycles. The molecule has 0 bridgehead atoms. The topological polar surface area (TPSA) is 0 Å². The third kappa shape index (κ3) is 9.09. The molecule has 0 aliphatic carbocycles. The van der Waals surface area contributed by atoms with Gasteiger partial charge in [-0.25, -0.2) is 0 Å². The van der Waals surface area contributed by atoms with Crippen molar-refractivity contribution in [3.8, 4) is 0 Å². The Hall–Kier alpha value is 1.09. The molecular formula is C6H13Cl3Si. The van der Waals surface area contributed by atoms with Crippen LogP contribution in [0, 0.1) is 0 Å². The van der Waals surface area contributed by atoms with Crippen molar-refractivity contribution in [2.24, 2.45) is 0 Å². The summed E-state index contributed by atoms with van der Waals surface area (Å²) in [6.07, 6.45) is 4.78. The zero-order valence-electron chi connectivity index (χ0n) is 6.17. The first kappa shape index (κ1) is 11.1. The summed E-state index contributed by atoms with van der Waals surface area (Å²) in [5, 5.41) is 0. The summed E-state index contributed by atoms with van der Waals surface area (Å²) in [6.45, 7) is 2.17. The summed E-state index contributed by atoms with van der Waals surface area (Å²) >= 11 is 17.0. The van der Waals surface area contributed by atoms with Crippen LogP contribution in [-0.2, 0) is 0 Å². The third-order valence-electron chi connectivity index (χ3n) is 1.31. The van der Waals surface area contributed by atoms with E-state index in [4.69, 9.17) is 33.2 Å². The van der Waals surface area contributed by atoms with Crippen molar-refractivity contribution in [3.63, 3.8) is 0 Å². The lowest BCUT2D eigenvalue weighted by molar-refractivity contribution is 0.700. The predicted octanol–water partition coefficient (Wildman–Crippen LogP) is 4.22. The zero-order valence-corrected chi connectivity index (χ0v) is 9.44. The molecule has 0 unspecified atom stereocenters. The average Bonchev–Trinajstić information content (AvgIpc) is 1.78. The molecule has 0 aliphatic rings. The van der Waals surface area contributed by atoms with Gasteiger partial charge in [0.1, 0.15) is 0 Å². The molecule has 0 nitrogen and oxygen atoms in total.